The number of aromatic nitrogens is 1. The number of halogens is 1. The zero-order valence-corrected chi connectivity index (χ0v) is 12.4. The van der Waals surface area contributed by atoms with Gasteiger partial charge in [-0.2, -0.15) is 0 Å². The molecule has 6 nitrogen and oxygen atoms in total. The van der Waals surface area contributed by atoms with Gasteiger partial charge in [-0.25, -0.2) is 10.8 Å². The maximum absolute atomic E-state index is 12.2. The predicted octanol–water partition coefficient (Wildman–Crippen LogP) is 1.23. The topological polar surface area (TPSA) is 83.3 Å². The molecule has 0 spiro atoms. The fourth-order valence-corrected chi connectivity index (χ4v) is 2.58. The first-order valence-electron chi connectivity index (χ1n) is 6.64. The van der Waals surface area contributed by atoms with Gasteiger partial charge < -0.3 is 15.6 Å². The van der Waals surface area contributed by atoms with E-state index in [-0.39, 0.29) is 11.9 Å². The maximum Gasteiger partial charge on any atom is 0.253 e. The molecular formula is C13H20ClN5O. The molecular weight excluding hydrogens is 278 g/mol. The highest BCUT2D eigenvalue weighted by atomic mass is 35.5. The highest BCUT2D eigenvalue weighted by molar-refractivity contribution is 6.33. The zero-order chi connectivity index (χ0) is 14.7. The van der Waals surface area contributed by atoms with Crippen LogP contribution in [0.5, 0.6) is 0 Å². The number of hydrogen-bond donors (Lipinski definition) is 3. The second kappa shape index (κ2) is 6.39. The van der Waals surface area contributed by atoms with Gasteiger partial charge in [0, 0.05) is 24.8 Å². The van der Waals surface area contributed by atoms with Gasteiger partial charge in [-0.05, 0) is 32.9 Å². The van der Waals surface area contributed by atoms with E-state index in [1.807, 2.05) is 0 Å². The number of anilines is 1. The van der Waals surface area contributed by atoms with E-state index < -0.39 is 0 Å². The second-order valence-corrected chi connectivity index (χ2v) is 5.63. The quantitative estimate of drug-likeness (QED) is 0.577. The average Bonchev–Trinajstić information content (AvgIpc) is 2.42. The number of piperidine rings is 1. The molecule has 110 valence electrons. The molecule has 2 atom stereocenters. The molecule has 2 unspecified atom stereocenters. The number of likely N-dealkylation sites (tertiary alicyclic amines) is 1. The number of nitrogens with zero attached hydrogens (tertiary/aromatic N) is 2. The standard InChI is InChI=1S/C13H20ClN5O/c1-8-5-10(3-4-19(8)2)17-13(20)9-6-11(14)12(18-15)16-7-9/h6-8,10H,3-5,15H2,1-2H3,(H,16,18)(H,17,20). The number of pyridine rings is 1. The summed E-state index contributed by atoms with van der Waals surface area (Å²) >= 11 is 5.97. The van der Waals surface area contributed by atoms with Gasteiger partial charge in [-0.1, -0.05) is 11.6 Å². The molecule has 0 aliphatic carbocycles. The van der Waals surface area contributed by atoms with Crippen molar-refractivity contribution < 1.29 is 4.79 Å². The maximum atomic E-state index is 12.2. The number of amides is 1. The van der Waals surface area contributed by atoms with Crippen LogP contribution in [0.3, 0.4) is 0 Å². The second-order valence-electron chi connectivity index (χ2n) is 5.22. The monoisotopic (exact) mass is 297 g/mol. The number of nitrogen functional groups attached to an aromatic ring is 1. The number of hydrogen-bond acceptors (Lipinski definition) is 5. The lowest BCUT2D eigenvalue weighted by Crippen LogP contribution is -2.47. The third-order valence-corrected chi connectivity index (χ3v) is 4.07. The SMILES string of the molecule is CC1CC(NC(=O)c2cnc(NN)c(Cl)c2)CCN1C. The molecule has 0 aromatic carbocycles. The molecule has 0 saturated carbocycles. The summed E-state index contributed by atoms with van der Waals surface area (Å²) in [5, 5.41) is 3.37. The average molecular weight is 298 g/mol. The lowest BCUT2D eigenvalue weighted by Gasteiger charge is -2.35. The molecule has 1 aliphatic heterocycles. The number of hydrazine groups is 1. The van der Waals surface area contributed by atoms with Gasteiger partial charge in [0.25, 0.3) is 5.91 Å². The third kappa shape index (κ3) is 3.39. The van der Waals surface area contributed by atoms with E-state index in [2.05, 4.69) is 34.6 Å². The molecule has 20 heavy (non-hydrogen) atoms. The lowest BCUT2D eigenvalue weighted by molar-refractivity contribution is 0.0896. The molecule has 0 bridgehead atoms. The van der Waals surface area contributed by atoms with Crippen LogP contribution < -0.4 is 16.6 Å². The first-order chi connectivity index (χ1) is 9.51. The summed E-state index contributed by atoms with van der Waals surface area (Å²) in [6, 6.07) is 2.23. The molecule has 2 heterocycles. The fourth-order valence-electron chi connectivity index (χ4n) is 2.36. The summed E-state index contributed by atoms with van der Waals surface area (Å²) in [7, 11) is 2.10. The van der Waals surface area contributed by atoms with Crippen molar-refractivity contribution in [3.05, 3.63) is 22.8 Å². The summed E-state index contributed by atoms with van der Waals surface area (Å²) < 4.78 is 0. The van der Waals surface area contributed by atoms with Crippen molar-refractivity contribution in [3.8, 4) is 0 Å². The zero-order valence-electron chi connectivity index (χ0n) is 11.7. The number of nitrogens with one attached hydrogen (secondary N) is 2. The number of rotatable bonds is 3. The number of carbonyl (C=O) groups excluding carboxylic acids is 1. The fraction of sp³-hybridized carbons (Fsp3) is 0.538. The Labute approximate surface area is 123 Å². The summed E-state index contributed by atoms with van der Waals surface area (Å²) in [4.78, 5) is 18.5. The molecule has 1 aromatic heterocycles. The van der Waals surface area contributed by atoms with Gasteiger partial charge in [0.2, 0.25) is 0 Å². The Morgan fingerprint density at radius 3 is 2.95 bits per heavy atom. The van der Waals surface area contributed by atoms with Gasteiger partial charge in [-0.15, -0.1) is 0 Å². The van der Waals surface area contributed by atoms with Crippen LogP contribution in [0.15, 0.2) is 12.3 Å². The van der Waals surface area contributed by atoms with E-state index >= 15 is 0 Å². The van der Waals surface area contributed by atoms with Crippen molar-refractivity contribution >= 4 is 23.3 Å². The minimum atomic E-state index is -0.148. The third-order valence-electron chi connectivity index (χ3n) is 3.78. The summed E-state index contributed by atoms with van der Waals surface area (Å²) in [6.07, 6.45) is 3.37. The summed E-state index contributed by atoms with van der Waals surface area (Å²) in [5.41, 5.74) is 2.82. The Morgan fingerprint density at radius 2 is 2.35 bits per heavy atom. The van der Waals surface area contributed by atoms with E-state index in [0.717, 1.165) is 19.4 Å². The van der Waals surface area contributed by atoms with Crippen LogP contribution in [-0.4, -0.2) is 41.5 Å². The molecule has 4 N–H and O–H groups in total. The Kier molecular flexibility index (Phi) is 4.80. The molecule has 2 rings (SSSR count). The van der Waals surface area contributed by atoms with E-state index in [0.29, 0.717) is 22.4 Å². The predicted molar refractivity (Wildman–Crippen MR) is 79.6 cm³/mol. The first kappa shape index (κ1) is 15.0. The van der Waals surface area contributed by atoms with Crippen LogP contribution in [0.25, 0.3) is 0 Å². The molecule has 0 radical (unpaired) electrons. The smallest absolute Gasteiger partial charge is 0.253 e. The summed E-state index contributed by atoms with van der Waals surface area (Å²) in [6.45, 7) is 3.15. The van der Waals surface area contributed by atoms with Crippen LogP contribution in [-0.2, 0) is 0 Å². The van der Waals surface area contributed by atoms with Crippen LogP contribution in [0.2, 0.25) is 5.02 Å². The Bertz CT molecular complexity index is 496. The minimum absolute atomic E-state index is 0.148. The molecule has 1 aliphatic rings. The van der Waals surface area contributed by atoms with Crippen molar-refractivity contribution in [2.75, 3.05) is 19.0 Å². The van der Waals surface area contributed by atoms with E-state index in [1.54, 1.807) is 6.07 Å². The van der Waals surface area contributed by atoms with Crippen LogP contribution in [0, 0.1) is 0 Å². The van der Waals surface area contributed by atoms with Crippen molar-refractivity contribution in [3.63, 3.8) is 0 Å². The molecule has 1 fully saturated rings. The lowest BCUT2D eigenvalue weighted by atomic mass is 9.98. The minimum Gasteiger partial charge on any atom is -0.349 e. The van der Waals surface area contributed by atoms with Crippen LogP contribution in [0.4, 0.5) is 5.82 Å². The largest absolute Gasteiger partial charge is 0.349 e. The molecule has 1 amide bonds. The van der Waals surface area contributed by atoms with Gasteiger partial charge in [0.15, 0.2) is 5.82 Å². The van der Waals surface area contributed by atoms with Gasteiger partial charge >= 0.3 is 0 Å². The van der Waals surface area contributed by atoms with E-state index in [4.69, 9.17) is 17.4 Å². The van der Waals surface area contributed by atoms with Crippen molar-refractivity contribution in [2.24, 2.45) is 5.84 Å². The Balaban J connectivity index is 2.00. The van der Waals surface area contributed by atoms with Gasteiger partial charge in [0.1, 0.15) is 0 Å². The van der Waals surface area contributed by atoms with Gasteiger partial charge in [-0.3, -0.25) is 4.79 Å². The number of nitrogens with two attached hydrogens (primary N) is 1. The van der Waals surface area contributed by atoms with E-state index in [1.165, 1.54) is 6.20 Å². The highest BCUT2D eigenvalue weighted by Crippen LogP contribution is 2.20. The molecule has 1 aromatic rings. The van der Waals surface area contributed by atoms with Crippen molar-refractivity contribution in [2.45, 2.75) is 31.8 Å². The van der Waals surface area contributed by atoms with Crippen LogP contribution in [0.1, 0.15) is 30.1 Å². The van der Waals surface area contributed by atoms with Crippen molar-refractivity contribution in [1.29, 1.82) is 0 Å². The van der Waals surface area contributed by atoms with E-state index in [9.17, 15) is 4.79 Å². The Hall–Kier alpha value is -1.37. The highest BCUT2D eigenvalue weighted by Gasteiger charge is 2.24. The van der Waals surface area contributed by atoms with Crippen LogP contribution >= 0.6 is 11.6 Å². The summed E-state index contributed by atoms with van der Waals surface area (Å²) in [5.74, 6) is 5.46. The number of carbonyl (C=O) groups is 1. The molecule has 7 heteroatoms. The normalized spacial score (nSPS) is 23.4. The first-order valence-corrected chi connectivity index (χ1v) is 7.02. The van der Waals surface area contributed by atoms with Crippen molar-refractivity contribution in [1.82, 2.24) is 15.2 Å². The molecule has 1 saturated heterocycles. The Morgan fingerprint density at radius 1 is 1.60 bits per heavy atom. The van der Waals surface area contributed by atoms with Gasteiger partial charge in [0.05, 0.1) is 10.6 Å².